The van der Waals surface area contributed by atoms with Gasteiger partial charge in [0.2, 0.25) is 0 Å². The highest BCUT2D eigenvalue weighted by atomic mass is 35.5. The second kappa shape index (κ2) is 7.51. The molecule has 0 unspecified atom stereocenters. The quantitative estimate of drug-likeness (QED) is 0.913. The zero-order chi connectivity index (χ0) is 15.5. The van der Waals surface area contributed by atoms with Crippen molar-refractivity contribution >= 4 is 12.4 Å². The van der Waals surface area contributed by atoms with Crippen molar-refractivity contribution in [3.63, 3.8) is 0 Å². The number of nitrogens with zero attached hydrogens (tertiary/aromatic N) is 2. The molecule has 0 amide bonds. The number of aromatic nitrogens is 2. The number of aryl methyl sites for hydroxylation is 1. The van der Waals surface area contributed by atoms with Gasteiger partial charge in [-0.15, -0.1) is 12.4 Å². The van der Waals surface area contributed by atoms with E-state index in [0.29, 0.717) is 13.1 Å². The van der Waals surface area contributed by atoms with Gasteiger partial charge in [0.25, 0.3) is 0 Å². The van der Waals surface area contributed by atoms with Gasteiger partial charge in [0.05, 0.1) is 12.7 Å². The lowest BCUT2D eigenvalue weighted by atomic mass is 10.0. The zero-order valence-electron chi connectivity index (χ0n) is 11.9. The molecule has 0 aliphatic carbocycles. The van der Waals surface area contributed by atoms with Crippen LogP contribution in [0.2, 0.25) is 0 Å². The van der Waals surface area contributed by atoms with Crippen LogP contribution < -0.4 is 10.5 Å². The molecule has 0 fully saturated rings. The van der Waals surface area contributed by atoms with Crippen LogP contribution in [0.3, 0.4) is 0 Å². The summed E-state index contributed by atoms with van der Waals surface area (Å²) in [7, 11) is 0. The van der Waals surface area contributed by atoms with Crippen molar-refractivity contribution in [3.05, 3.63) is 36.2 Å². The molecule has 1 heterocycles. The van der Waals surface area contributed by atoms with Gasteiger partial charge < -0.3 is 10.5 Å². The molecule has 1 aromatic carbocycles. The Balaban J connectivity index is 0.00000242. The highest BCUT2D eigenvalue weighted by Crippen LogP contribution is 2.28. The molecule has 0 atom stereocenters. The number of hydrogen-bond acceptors (Lipinski definition) is 3. The van der Waals surface area contributed by atoms with Gasteiger partial charge in [-0.25, -0.2) is 0 Å². The number of rotatable bonds is 5. The number of nitrogens with two attached hydrogens (primary N) is 1. The Morgan fingerprint density at radius 1 is 1.32 bits per heavy atom. The van der Waals surface area contributed by atoms with Crippen molar-refractivity contribution in [2.75, 3.05) is 13.2 Å². The van der Waals surface area contributed by atoms with E-state index in [0.717, 1.165) is 16.7 Å². The monoisotopic (exact) mass is 335 g/mol. The normalized spacial score (nSPS) is 11.1. The van der Waals surface area contributed by atoms with Gasteiger partial charge in [0.15, 0.2) is 6.61 Å². The molecule has 4 nitrogen and oxygen atoms in total. The number of benzene rings is 1. The minimum absolute atomic E-state index is 0. The van der Waals surface area contributed by atoms with E-state index in [2.05, 4.69) is 5.10 Å². The Hall–Kier alpha value is -1.73. The molecule has 0 aliphatic rings. The molecule has 0 aliphatic heterocycles. The summed E-state index contributed by atoms with van der Waals surface area (Å²) in [4.78, 5) is 0. The molecule has 0 saturated heterocycles. The number of alkyl halides is 3. The summed E-state index contributed by atoms with van der Waals surface area (Å²) >= 11 is 0. The molecule has 0 spiro atoms. The lowest BCUT2D eigenvalue weighted by Crippen LogP contribution is -2.19. The molecule has 22 heavy (non-hydrogen) atoms. The second-order valence-corrected chi connectivity index (χ2v) is 4.66. The zero-order valence-corrected chi connectivity index (χ0v) is 12.7. The van der Waals surface area contributed by atoms with Crippen molar-refractivity contribution in [1.82, 2.24) is 9.78 Å². The molecule has 0 radical (unpaired) electrons. The molecular weight excluding hydrogens is 319 g/mol. The third-order valence-corrected chi connectivity index (χ3v) is 2.91. The predicted molar refractivity (Wildman–Crippen MR) is 80.3 cm³/mol. The largest absolute Gasteiger partial charge is 0.484 e. The summed E-state index contributed by atoms with van der Waals surface area (Å²) in [5.41, 5.74) is 8.00. The molecule has 2 rings (SSSR count). The van der Waals surface area contributed by atoms with Crippen LogP contribution >= 0.6 is 12.4 Å². The van der Waals surface area contributed by atoms with Crippen molar-refractivity contribution in [1.29, 1.82) is 0 Å². The van der Waals surface area contributed by atoms with Crippen LogP contribution in [0, 0.1) is 6.92 Å². The fourth-order valence-corrected chi connectivity index (χ4v) is 1.92. The standard InChI is InChI=1S/C14H16F3N3O.ClH/c1-10-2-3-12(21-9-14(15,16)17)6-13(10)11-7-19-20(8-11)5-4-18;/h2-3,6-8H,4-5,9,18H2,1H3;1H. The summed E-state index contributed by atoms with van der Waals surface area (Å²) < 4.78 is 43.0. The van der Waals surface area contributed by atoms with E-state index in [1.54, 1.807) is 23.0 Å². The molecule has 1 aromatic heterocycles. The first kappa shape index (κ1) is 18.3. The minimum atomic E-state index is -4.35. The second-order valence-electron chi connectivity index (χ2n) is 4.66. The van der Waals surface area contributed by atoms with Crippen LogP contribution in [-0.4, -0.2) is 29.1 Å². The molecule has 0 bridgehead atoms. The molecule has 2 N–H and O–H groups in total. The van der Waals surface area contributed by atoms with Crippen LogP contribution in [0.1, 0.15) is 5.56 Å². The average Bonchev–Trinajstić information content (AvgIpc) is 2.86. The van der Waals surface area contributed by atoms with E-state index in [1.165, 1.54) is 6.07 Å². The number of hydrogen-bond donors (Lipinski definition) is 1. The van der Waals surface area contributed by atoms with Gasteiger partial charge in [0, 0.05) is 18.3 Å². The van der Waals surface area contributed by atoms with E-state index in [4.69, 9.17) is 10.5 Å². The van der Waals surface area contributed by atoms with E-state index >= 15 is 0 Å². The Bertz CT molecular complexity index is 614. The maximum absolute atomic E-state index is 12.2. The Morgan fingerprint density at radius 3 is 2.68 bits per heavy atom. The molecule has 122 valence electrons. The van der Waals surface area contributed by atoms with Gasteiger partial charge in [-0.3, -0.25) is 4.68 Å². The van der Waals surface area contributed by atoms with E-state index in [-0.39, 0.29) is 18.2 Å². The summed E-state index contributed by atoms with van der Waals surface area (Å²) in [5.74, 6) is 0.180. The first-order chi connectivity index (χ1) is 9.89. The first-order valence-corrected chi connectivity index (χ1v) is 6.42. The number of ether oxygens (including phenoxy) is 1. The number of halogens is 4. The van der Waals surface area contributed by atoms with Gasteiger partial charge >= 0.3 is 6.18 Å². The Labute approximate surface area is 132 Å². The molecule has 8 heteroatoms. The summed E-state index contributed by atoms with van der Waals surface area (Å²) in [6.07, 6.45) is -0.884. The van der Waals surface area contributed by atoms with Crippen LogP contribution in [0.4, 0.5) is 13.2 Å². The van der Waals surface area contributed by atoms with Crippen LogP contribution in [-0.2, 0) is 6.54 Å². The third-order valence-electron chi connectivity index (χ3n) is 2.91. The summed E-state index contributed by atoms with van der Waals surface area (Å²) in [6.45, 7) is 1.63. The van der Waals surface area contributed by atoms with Crippen LogP contribution in [0.5, 0.6) is 5.75 Å². The van der Waals surface area contributed by atoms with Crippen molar-refractivity contribution in [2.24, 2.45) is 5.73 Å². The van der Waals surface area contributed by atoms with E-state index in [9.17, 15) is 13.2 Å². The first-order valence-electron chi connectivity index (χ1n) is 6.42. The Kier molecular flexibility index (Phi) is 6.25. The fraction of sp³-hybridized carbons (Fsp3) is 0.357. The van der Waals surface area contributed by atoms with Crippen molar-refractivity contribution in [2.45, 2.75) is 19.6 Å². The van der Waals surface area contributed by atoms with E-state index < -0.39 is 12.8 Å². The Morgan fingerprint density at radius 2 is 2.05 bits per heavy atom. The lowest BCUT2D eigenvalue weighted by Gasteiger charge is -2.11. The van der Waals surface area contributed by atoms with Gasteiger partial charge in [0.1, 0.15) is 5.75 Å². The van der Waals surface area contributed by atoms with Crippen molar-refractivity contribution in [3.8, 4) is 16.9 Å². The molecule has 2 aromatic rings. The minimum Gasteiger partial charge on any atom is -0.484 e. The smallest absolute Gasteiger partial charge is 0.422 e. The topological polar surface area (TPSA) is 53.1 Å². The maximum atomic E-state index is 12.2. The SMILES string of the molecule is Cc1ccc(OCC(F)(F)F)cc1-c1cnn(CCN)c1.Cl. The van der Waals surface area contributed by atoms with Crippen LogP contribution in [0.15, 0.2) is 30.6 Å². The highest BCUT2D eigenvalue weighted by Gasteiger charge is 2.28. The van der Waals surface area contributed by atoms with Gasteiger partial charge in [-0.2, -0.15) is 18.3 Å². The third kappa shape index (κ3) is 4.92. The van der Waals surface area contributed by atoms with E-state index in [1.807, 2.05) is 13.1 Å². The lowest BCUT2D eigenvalue weighted by molar-refractivity contribution is -0.153. The molecule has 0 saturated carbocycles. The van der Waals surface area contributed by atoms with Gasteiger partial charge in [-0.05, 0) is 30.2 Å². The summed E-state index contributed by atoms with van der Waals surface area (Å²) in [6, 6.07) is 4.83. The molecular formula is C14H17ClF3N3O. The van der Waals surface area contributed by atoms with Crippen molar-refractivity contribution < 1.29 is 17.9 Å². The van der Waals surface area contributed by atoms with Gasteiger partial charge in [-0.1, -0.05) is 6.07 Å². The highest BCUT2D eigenvalue weighted by molar-refractivity contribution is 5.85. The average molecular weight is 336 g/mol. The van der Waals surface area contributed by atoms with Crippen LogP contribution in [0.25, 0.3) is 11.1 Å². The summed E-state index contributed by atoms with van der Waals surface area (Å²) in [5, 5.41) is 4.15. The maximum Gasteiger partial charge on any atom is 0.422 e. The fourth-order valence-electron chi connectivity index (χ4n) is 1.92. The predicted octanol–water partition coefficient (Wildman–Crippen LogP) is 3.18.